The van der Waals surface area contributed by atoms with E-state index in [1.807, 2.05) is 11.9 Å². The highest BCUT2D eigenvalue weighted by Crippen LogP contribution is 1.89. The van der Waals surface area contributed by atoms with E-state index in [4.69, 9.17) is 12.2 Å². The number of thiocarbonyl (C=S) groups is 1. The summed E-state index contributed by atoms with van der Waals surface area (Å²) in [5.41, 5.74) is 0. The number of hydrogen-bond donors (Lipinski definition) is 1. The topological polar surface area (TPSA) is 15.3 Å². The first kappa shape index (κ1) is 10.7. The predicted octanol–water partition coefficient (Wildman–Crippen LogP) is 1.47. The van der Waals surface area contributed by atoms with E-state index in [9.17, 15) is 0 Å². The molecule has 11 heavy (non-hydrogen) atoms. The molecule has 0 heterocycles. The molecule has 0 radical (unpaired) electrons. The number of rotatable bonds is 3. The third-order valence-corrected chi connectivity index (χ3v) is 1.94. The number of nitrogens with zero attached hydrogens (tertiary/aromatic N) is 1. The maximum Gasteiger partial charge on any atom is 0.168 e. The van der Waals surface area contributed by atoms with Gasteiger partial charge in [-0.1, -0.05) is 13.8 Å². The summed E-state index contributed by atoms with van der Waals surface area (Å²) in [6, 6.07) is 0. The predicted molar refractivity (Wildman–Crippen MR) is 53.7 cm³/mol. The van der Waals surface area contributed by atoms with Gasteiger partial charge in [-0.15, -0.1) is 0 Å². The highest BCUT2D eigenvalue weighted by Gasteiger charge is 2.00. The first-order valence-electron chi connectivity index (χ1n) is 4.06. The van der Waals surface area contributed by atoms with Gasteiger partial charge in [0.2, 0.25) is 0 Å². The molecule has 0 aromatic heterocycles. The summed E-state index contributed by atoms with van der Waals surface area (Å²) in [4.78, 5) is 2.03. The van der Waals surface area contributed by atoms with Gasteiger partial charge < -0.3 is 10.2 Å². The zero-order valence-electron chi connectivity index (χ0n) is 7.85. The first-order valence-corrected chi connectivity index (χ1v) is 4.47. The highest BCUT2D eigenvalue weighted by molar-refractivity contribution is 7.80. The van der Waals surface area contributed by atoms with E-state index in [-0.39, 0.29) is 0 Å². The fourth-order valence-electron chi connectivity index (χ4n) is 0.570. The summed E-state index contributed by atoms with van der Waals surface area (Å²) < 4.78 is 0. The van der Waals surface area contributed by atoms with Gasteiger partial charge in [-0.3, -0.25) is 0 Å². The summed E-state index contributed by atoms with van der Waals surface area (Å²) in [7, 11) is 2.00. The van der Waals surface area contributed by atoms with Crippen LogP contribution < -0.4 is 5.32 Å². The lowest BCUT2D eigenvalue weighted by atomic mass is 10.2. The van der Waals surface area contributed by atoms with E-state index in [0.29, 0.717) is 5.92 Å². The van der Waals surface area contributed by atoms with Crippen molar-refractivity contribution in [1.29, 1.82) is 0 Å². The molecule has 0 spiro atoms. The number of hydrogen-bond acceptors (Lipinski definition) is 1. The van der Waals surface area contributed by atoms with Crippen molar-refractivity contribution < 1.29 is 0 Å². The Kier molecular flexibility index (Phi) is 5.20. The van der Waals surface area contributed by atoms with Crippen molar-refractivity contribution in [3.05, 3.63) is 0 Å². The van der Waals surface area contributed by atoms with Gasteiger partial charge >= 0.3 is 0 Å². The molecular weight excluding hydrogens is 156 g/mol. The van der Waals surface area contributed by atoms with Crippen molar-refractivity contribution in [1.82, 2.24) is 10.2 Å². The van der Waals surface area contributed by atoms with Gasteiger partial charge in [0.25, 0.3) is 0 Å². The Morgan fingerprint density at radius 1 is 1.55 bits per heavy atom. The van der Waals surface area contributed by atoms with E-state index < -0.39 is 0 Å². The van der Waals surface area contributed by atoms with Crippen LogP contribution in [0.4, 0.5) is 0 Å². The van der Waals surface area contributed by atoms with E-state index in [2.05, 4.69) is 26.1 Å². The molecule has 66 valence electrons. The average Bonchev–Trinajstić information content (AvgIpc) is 1.98. The molecule has 0 aliphatic carbocycles. The van der Waals surface area contributed by atoms with Crippen molar-refractivity contribution in [2.45, 2.75) is 20.8 Å². The van der Waals surface area contributed by atoms with E-state index >= 15 is 0 Å². The summed E-state index contributed by atoms with van der Waals surface area (Å²) in [6.07, 6.45) is 0. The van der Waals surface area contributed by atoms with E-state index in [1.54, 1.807) is 0 Å². The Hall–Kier alpha value is -0.310. The molecule has 0 unspecified atom stereocenters. The Morgan fingerprint density at radius 3 is 2.45 bits per heavy atom. The minimum atomic E-state index is 0.651. The second-order valence-corrected chi connectivity index (χ2v) is 3.48. The van der Waals surface area contributed by atoms with Crippen LogP contribution in [0.1, 0.15) is 20.8 Å². The van der Waals surface area contributed by atoms with Crippen molar-refractivity contribution in [2.75, 3.05) is 20.1 Å². The van der Waals surface area contributed by atoms with Crippen LogP contribution in [-0.4, -0.2) is 30.1 Å². The van der Waals surface area contributed by atoms with Crippen LogP contribution in [0.15, 0.2) is 0 Å². The van der Waals surface area contributed by atoms with Crippen molar-refractivity contribution in [3.63, 3.8) is 0 Å². The van der Waals surface area contributed by atoms with Gasteiger partial charge in [0.1, 0.15) is 0 Å². The molecule has 0 amide bonds. The van der Waals surface area contributed by atoms with Crippen molar-refractivity contribution in [3.8, 4) is 0 Å². The second kappa shape index (κ2) is 5.35. The minimum Gasteiger partial charge on any atom is -0.362 e. The fraction of sp³-hybridized carbons (Fsp3) is 0.875. The molecule has 0 saturated carbocycles. The Morgan fingerprint density at radius 2 is 2.09 bits per heavy atom. The molecule has 0 aliphatic heterocycles. The van der Waals surface area contributed by atoms with E-state index in [1.165, 1.54) is 0 Å². The lowest BCUT2D eigenvalue weighted by Gasteiger charge is -2.19. The van der Waals surface area contributed by atoms with Crippen LogP contribution in [0.5, 0.6) is 0 Å². The van der Waals surface area contributed by atoms with Gasteiger partial charge in [-0.05, 0) is 25.1 Å². The SMILES string of the molecule is CCN(C)C(=S)NCC(C)C. The van der Waals surface area contributed by atoms with Gasteiger partial charge in [0.05, 0.1) is 0 Å². The molecule has 0 bridgehead atoms. The largest absolute Gasteiger partial charge is 0.362 e. The monoisotopic (exact) mass is 174 g/mol. The second-order valence-electron chi connectivity index (χ2n) is 3.09. The smallest absolute Gasteiger partial charge is 0.168 e. The molecule has 0 rings (SSSR count). The summed E-state index contributed by atoms with van der Waals surface area (Å²) in [5.74, 6) is 0.651. The Labute approximate surface area is 75.0 Å². The molecule has 0 aromatic carbocycles. The molecule has 0 aromatic rings. The lowest BCUT2D eigenvalue weighted by Crippen LogP contribution is -2.38. The Balaban J connectivity index is 3.52. The average molecular weight is 174 g/mol. The van der Waals surface area contributed by atoms with Gasteiger partial charge in [-0.25, -0.2) is 0 Å². The molecular formula is C8H18N2S. The van der Waals surface area contributed by atoms with Crippen LogP contribution in [-0.2, 0) is 0 Å². The Bertz CT molecular complexity index is 123. The molecule has 0 saturated heterocycles. The van der Waals surface area contributed by atoms with E-state index in [0.717, 1.165) is 18.2 Å². The third-order valence-electron chi connectivity index (χ3n) is 1.48. The standard InChI is InChI=1S/C8H18N2S/c1-5-10(4)8(11)9-6-7(2)3/h7H,5-6H2,1-4H3,(H,9,11). The molecule has 0 fully saturated rings. The maximum atomic E-state index is 5.11. The van der Waals surface area contributed by atoms with Crippen molar-refractivity contribution >= 4 is 17.3 Å². The summed E-state index contributed by atoms with van der Waals surface area (Å²) >= 11 is 5.11. The van der Waals surface area contributed by atoms with Crippen LogP contribution in [0.3, 0.4) is 0 Å². The fourth-order valence-corrected chi connectivity index (χ4v) is 0.782. The van der Waals surface area contributed by atoms with Gasteiger partial charge in [0, 0.05) is 20.1 Å². The van der Waals surface area contributed by atoms with Gasteiger partial charge in [-0.2, -0.15) is 0 Å². The number of nitrogens with one attached hydrogen (secondary N) is 1. The van der Waals surface area contributed by atoms with Crippen molar-refractivity contribution in [2.24, 2.45) is 5.92 Å². The van der Waals surface area contributed by atoms with Crippen LogP contribution in [0.25, 0.3) is 0 Å². The van der Waals surface area contributed by atoms with Crippen LogP contribution >= 0.6 is 12.2 Å². The van der Waals surface area contributed by atoms with Gasteiger partial charge in [0.15, 0.2) is 5.11 Å². The summed E-state index contributed by atoms with van der Waals surface area (Å²) in [5, 5.41) is 4.04. The lowest BCUT2D eigenvalue weighted by molar-refractivity contribution is 0.508. The highest BCUT2D eigenvalue weighted by atomic mass is 32.1. The molecule has 1 N–H and O–H groups in total. The summed E-state index contributed by atoms with van der Waals surface area (Å²) in [6.45, 7) is 8.35. The maximum absolute atomic E-state index is 5.11. The zero-order chi connectivity index (χ0) is 8.85. The van der Waals surface area contributed by atoms with Crippen LogP contribution in [0.2, 0.25) is 0 Å². The molecule has 0 aliphatic rings. The first-order chi connectivity index (χ1) is 5.07. The third kappa shape index (κ3) is 5.01. The normalized spacial score (nSPS) is 9.91. The van der Waals surface area contributed by atoms with Crippen LogP contribution in [0, 0.1) is 5.92 Å². The zero-order valence-corrected chi connectivity index (χ0v) is 8.66. The molecule has 0 atom stereocenters. The molecule has 2 nitrogen and oxygen atoms in total. The minimum absolute atomic E-state index is 0.651. The molecule has 3 heteroatoms. The quantitative estimate of drug-likeness (QED) is 0.652.